The summed E-state index contributed by atoms with van der Waals surface area (Å²) in [6.45, 7) is 2.84. The van der Waals surface area contributed by atoms with Crippen LogP contribution in [0.3, 0.4) is 0 Å². The molecule has 5 rings (SSSR count). The number of rotatable bonds is 7. The normalized spacial score (nSPS) is 13.6. The van der Waals surface area contributed by atoms with Crippen LogP contribution in [0.4, 0.5) is 11.6 Å². The van der Waals surface area contributed by atoms with E-state index in [9.17, 15) is 4.79 Å². The van der Waals surface area contributed by atoms with Gasteiger partial charge in [0.2, 0.25) is 11.8 Å². The number of anilines is 2. The minimum absolute atomic E-state index is 0.227. The molecule has 4 aromatic rings. The quantitative estimate of drug-likeness (QED) is 0.453. The van der Waals surface area contributed by atoms with Crippen LogP contribution in [0, 0.1) is 0 Å². The Bertz CT molecular complexity index is 1270. The standard InChI is InChI=1S/C25H24N6O3/c32-24(28-21-8-3-7-20-19(21)6-4-11-27-20)22-17-23(34-14-9-18-5-1-2-10-26-18)30-25(29-22)31-12-15-33-16-13-31/h1-8,10-11,17H,9,12-16H2,(H,28,32). The largest absolute Gasteiger partial charge is 0.477 e. The van der Waals surface area contributed by atoms with Crippen LogP contribution in [0.1, 0.15) is 16.2 Å². The molecule has 1 aliphatic rings. The lowest BCUT2D eigenvalue weighted by Crippen LogP contribution is -2.37. The monoisotopic (exact) mass is 456 g/mol. The van der Waals surface area contributed by atoms with Gasteiger partial charge >= 0.3 is 0 Å². The van der Waals surface area contributed by atoms with Crippen LogP contribution in [0.25, 0.3) is 10.9 Å². The van der Waals surface area contributed by atoms with Crippen LogP contribution in [-0.2, 0) is 11.2 Å². The van der Waals surface area contributed by atoms with E-state index in [0.29, 0.717) is 56.8 Å². The Hall–Kier alpha value is -4.11. The first-order valence-electron chi connectivity index (χ1n) is 11.2. The molecule has 0 spiro atoms. The number of nitrogens with zero attached hydrogens (tertiary/aromatic N) is 5. The minimum atomic E-state index is -0.345. The van der Waals surface area contributed by atoms with Gasteiger partial charge in [0.05, 0.1) is 31.0 Å². The number of amides is 1. The molecule has 1 amide bonds. The fourth-order valence-corrected chi connectivity index (χ4v) is 3.71. The number of aromatic nitrogens is 4. The van der Waals surface area contributed by atoms with E-state index in [1.54, 1.807) is 18.5 Å². The van der Waals surface area contributed by atoms with Crippen LogP contribution >= 0.6 is 0 Å². The van der Waals surface area contributed by atoms with Crippen LogP contribution in [-0.4, -0.2) is 58.8 Å². The maximum absolute atomic E-state index is 13.2. The first-order valence-corrected chi connectivity index (χ1v) is 11.2. The Labute approximate surface area is 196 Å². The molecule has 1 saturated heterocycles. The van der Waals surface area contributed by atoms with Gasteiger partial charge in [-0.3, -0.25) is 14.8 Å². The Morgan fingerprint density at radius 2 is 1.88 bits per heavy atom. The maximum Gasteiger partial charge on any atom is 0.274 e. The van der Waals surface area contributed by atoms with Crippen molar-refractivity contribution >= 4 is 28.4 Å². The van der Waals surface area contributed by atoms with E-state index >= 15 is 0 Å². The zero-order chi connectivity index (χ0) is 23.2. The number of fused-ring (bicyclic) bond motifs is 1. The van der Waals surface area contributed by atoms with Crippen molar-refractivity contribution in [2.75, 3.05) is 43.1 Å². The average Bonchev–Trinajstić information content (AvgIpc) is 2.90. The molecule has 0 unspecified atom stereocenters. The number of carbonyl (C=O) groups excluding carboxylic acids is 1. The van der Waals surface area contributed by atoms with Gasteiger partial charge in [-0.05, 0) is 36.4 Å². The first kappa shape index (κ1) is 21.7. The molecule has 9 nitrogen and oxygen atoms in total. The number of morpholine rings is 1. The molecular formula is C25H24N6O3. The minimum Gasteiger partial charge on any atom is -0.477 e. The molecule has 0 saturated carbocycles. The van der Waals surface area contributed by atoms with Crippen LogP contribution in [0.2, 0.25) is 0 Å². The van der Waals surface area contributed by atoms with Crippen LogP contribution < -0.4 is 15.0 Å². The highest BCUT2D eigenvalue weighted by Gasteiger charge is 2.19. The molecule has 172 valence electrons. The van der Waals surface area contributed by atoms with E-state index < -0.39 is 0 Å². The van der Waals surface area contributed by atoms with E-state index in [0.717, 1.165) is 16.6 Å². The third kappa shape index (κ3) is 5.10. The summed E-state index contributed by atoms with van der Waals surface area (Å²) in [6, 6.07) is 16.7. The predicted octanol–water partition coefficient (Wildman–Crippen LogP) is 3.13. The van der Waals surface area contributed by atoms with Gasteiger partial charge in [-0.15, -0.1) is 0 Å². The molecule has 3 aromatic heterocycles. The van der Waals surface area contributed by atoms with E-state index in [1.165, 1.54) is 0 Å². The SMILES string of the molecule is O=C(Nc1cccc2ncccc12)c1cc(OCCc2ccccn2)nc(N2CCOCC2)n1. The van der Waals surface area contributed by atoms with Gasteiger partial charge in [0, 0.05) is 49.1 Å². The van der Waals surface area contributed by atoms with Crippen molar-refractivity contribution in [2.24, 2.45) is 0 Å². The van der Waals surface area contributed by atoms with Crippen molar-refractivity contribution in [3.8, 4) is 5.88 Å². The lowest BCUT2D eigenvalue weighted by molar-refractivity contribution is 0.102. The summed E-state index contributed by atoms with van der Waals surface area (Å²) >= 11 is 0. The van der Waals surface area contributed by atoms with Crippen LogP contribution in [0.5, 0.6) is 5.88 Å². The molecule has 4 heterocycles. The fraction of sp³-hybridized carbons (Fsp3) is 0.240. The highest BCUT2D eigenvalue weighted by molar-refractivity contribution is 6.07. The second-order valence-electron chi connectivity index (χ2n) is 7.74. The third-order valence-corrected chi connectivity index (χ3v) is 5.45. The second-order valence-corrected chi connectivity index (χ2v) is 7.74. The number of ether oxygens (including phenoxy) is 2. The Balaban J connectivity index is 1.39. The maximum atomic E-state index is 13.2. The molecule has 0 aliphatic carbocycles. The lowest BCUT2D eigenvalue weighted by atomic mass is 10.2. The molecule has 0 bridgehead atoms. The fourth-order valence-electron chi connectivity index (χ4n) is 3.71. The van der Waals surface area contributed by atoms with Gasteiger partial charge in [0.1, 0.15) is 5.69 Å². The van der Waals surface area contributed by atoms with E-state index in [-0.39, 0.29) is 11.6 Å². The number of benzene rings is 1. The molecule has 34 heavy (non-hydrogen) atoms. The van der Waals surface area contributed by atoms with Crippen molar-refractivity contribution in [2.45, 2.75) is 6.42 Å². The molecule has 9 heteroatoms. The van der Waals surface area contributed by atoms with Crippen molar-refractivity contribution in [1.82, 2.24) is 19.9 Å². The van der Waals surface area contributed by atoms with E-state index in [1.807, 2.05) is 53.4 Å². The number of carbonyl (C=O) groups is 1. The highest BCUT2D eigenvalue weighted by Crippen LogP contribution is 2.23. The predicted molar refractivity (Wildman–Crippen MR) is 128 cm³/mol. The summed E-state index contributed by atoms with van der Waals surface area (Å²) < 4.78 is 11.4. The first-order chi connectivity index (χ1) is 16.8. The van der Waals surface area contributed by atoms with Gasteiger partial charge in [0.15, 0.2) is 0 Å². The van der Waals surface area contributed by atoms with Gasteiger partial charge in [-0.1, -0.05) is 12.1 Å². The second kappa shape index (κ2) is 10.2. The smallest absolute Gasteiger partial charge is 0.274 e. The topological polar surface area (TPSA) is 102 Å². The van der Waals surface area contributed by atoms with Gasteiger partial charge < -0.3 is 19.7 Å². The lowest BCUT2D eigenvalue weighted by Gasteiger charge is -2.27. The number of nitrogens with one attached hydrogen (secondary N) is 1. The summed E-state index contributed by atoms with van der Waals surface area (Å²) in [5, 5.41) is 3.82. The Kier molecular flexibility index (Phi) is 6.53. The number of pyridine rings is 2. The van der Waals surface area contributed by atoms with Gasteiger partial charge in [-0.25, -0.2) is 4.98 Å². The number of hydrogen-bond acceptors (Lipinski definition) is 8. The van der Waals surface area contributed by atoms with Crippen molar-refractivity contribution in [1.29, 1.82) is 0 Å². The zero-order valence-corrected chi connectivity index (χ0v) is 18.6. The summed E-state index contributed by atoms with van der Waals surface area (Å²) in [5.74, 6) is 0.448. The third-order valence-electron chi connectivity index (χ3n) is 5.45. The molecule has 0 radical (unpaired) electrons. The summed E-state index contributed by atoms with van der Waals surface area (Å²) in [4.78, 5) is 33.0. The van der Waals surface area contributed by atoms with Gasteiger partial charge in [0.25, 0.3) is 5.91 Å². The van der Waals surface area contributed by atoms with Crippen molar-refractivity contribution in [3.63, 3.8) is 0 Å². The van der Waals surface area contributed by atoms with E-state index in [4.69, 9.17) is 9.47 Å². The van der Waals surface area contributed by atoms with Crippen molar-refractivity contribution < 1.29 is 14.3 Å². The molecule has 1 aromatic carbocycles. The van der Waals surface area contributed by atoms with E-state index in [2.05, 4.69) is 25.3 Å². The average molecular weight is 457 g/mol. The van der Waals surface area contributed by atoms with Crippen molar-refractivity contribution in [3.05, 3.63) is 78.4 Å². The number of hydrogen-bond donors (Lipinski definition) is 1. The van der Waals surface area contributed by atoms with Crippen LogP contribution in [0.15, 0.2) is 67.0 Å². The summed E-state index contributed by atoms with van der Waals surface area (Å²) in [6.07, 6.45) is 4.10. The zero-order valence-electron chi connectivity index (χ0n) is 18.6. The summed E-state index contributed by atoms with van der Waals surface area (Å²) in [5.41, 5.74) is 2.62. The molecular weight excluding hydrogens is 432 g/mol. The molecule has 1 aliphatic heterocycles. The Morgan fingerprint density at radius 1 is 1.00 bits per heavy atom. The molecule has 0 atom stereocenters. The molecule has 1 fully saturated rings. The summed E-state index contributed by atoms with van der Waals surface area (Å²) in [7, 11) is 0. The molecule has 1 N–H and O–H groups in total. The Morgan fingerprint density at radius 3 is 2.74 bits per heavy atom. The highest BCUT2D eigenvalue weighted by atomic mass is 16.5. The van der Waals surface area contributed by atoms with Gasteiger partial charge in [-0.2, -0.15) is 4.98 Å².